The van der Waals surface area contributed by atoms with Crippen molar-refractivity contribution in [1.29, 1.82) is 0 Å². The normalized spacial score (nSPS) is 11.4. The molecule has 0 unspecified atom stereocenters. The second kappa shape index (κ2) is 12.6. The van der Waals surface area contributed by atoms with Crippen molar-refractivity contribution in [2.75, 3.05) is 35.1 Å². The molecule has 2 N–H and O–H groups in total. The zero-order valence-electron chi connectivity index (χ0n) is 21.9. The van der Waals surface area contributed by atoms with Crippen LogP contribution in [0.4, 0.5) is 17.1 Å². The molecule has 0 aromatic heterocycles. The largest absolute Gasteiger partial charge is 0.497 e. The molecule has 0 saturated heterocycles. The summed E-state index contributed by atoms with van der Waals surface area (Å²) in [7, 11) is -5.22. The third kappa shape index (κ3) is 7.17. The molecule has 0 aliphatic rings. The van der Waals surface area contributed by atoms with Gasteiger partial charge < -0.3 is 14.8 Å². The van der Waals surface area contributed by atoms with Gasteiger partial charge in [-0.1, -0.05) is 40.2 Å². The second-order valence-electron chi connectivity index (χ2n) is 8.55. The summed E-state index contributed by atoms with van der Waals surface area (Å²) in [5.74, 6) is 0.116. The van der Waals surface area contributed by atoms with E-state index in [1.165, 1.54) is 56.7 Å². The Morgan fingerprint density at radius 1 is 0.805 bits per heavy atom. The van der Waals surface area contributed by atoms with Crippen LogP contribution in [0.25, 0.3) is 0 Å². The number of nitrogens with one attached hydrogen (secondary N) is 2. The number of sulfonamides is 2. The van der Waals surface area contributed by atoms with Crippen LogP contribution in [-0.2, 0) is 24.8 Å². The molecule has 41 heavy (non-hydrogen) atoms. The molecular formula is C28H26BrN3O7S2. The van der Waals surface area contributed by atoms with Crippen LogP contribution >= 0.6 is 15.9 Å². The number of amides is 1. The highest BCUT2D eigenvalue weighted by Crippen LogP contribution is 2.31. The number of rotatable bonds is 11. The first-order valence-corrected chi connectivity index (χ1v) is 15.7. The fourth-order valence-corrected chi connectivity index (χ4v) is 6.69. The lowest BCUT2D eigenvalue weighted by Crippen LogP contribution is -2.38. The average Bonchev–Trinajstić information content (AvgIpc) is 2.96. The number of carbonyl (C=O) groups excluding carboxylic acids is 1. The molecule has 13 heteroatoms. The van der Waals surface area contributed by atoms with Gasteiger partial charge in [0.05, 0.1) is 35.4 Å². The number of methoxy groups -OCH3 is 2. The molecule has 0 spiro atoms. The molecular weight excluding hydrogens is 634 g/mol. The van der Waals surface area contributed by atoms with Crippen LogP contribution in [-0.4, -0.2) is 43.5 Å². The SMILES string of the molecule is COc1ccc(OC)c(NS(=O)(=O)c2ccc(NC(=O)CN(c3cccc(Br)c3)S(=O)(=O)c3ccccc3)cc2)c1. The Morgan fingerprint density at radius 3 is 2.15 bits per heavy atom. The van der Waals surface area contributed by atoms with Gasteiger partial charge in [-0.15, -0.1) is 0 Å². The number of ether oxygens (including phenoxy) is 2. The first-order valence-electron chi connectivity index (χ1n) is 12.0. The maximum absolute atomic E-state index is 13.5. The van der Waals surface area contributed by atoms with E-state index in [4.69, 9.17) is 9.47 Å². The summed E-state index contributed by atoms with van der Waals surface area (Å²) in [5.41, 5.74) is 0.759. The molecule has 4 rings (SSSR count). The van der Waals surface area contributed by atoms with Crippen molar-refractivity contribution in [3.8, 4) is 11.5 Å². The van der Waals surface area contributed by atoms with E-state index in [0.717, 1.165) is 4.31 Å². The van der Waals surface area contributed by atoms with Crippen LogP contribution in [0.3, 0.4) is 0 Å². The summed E-state index contributed by atoms with van der Waals surface area (Å²) in [4.78, 5) is 13.0. The Kier molecular flexibility index (Phi) is 9.21. The van der Waals surface area contributed by atoms with E-state index in [2.05, 4.69) is 26.0 Å². The molecule has 0 bridgehead atoms. The van der Waals surface area contributed by atoms with Crippen molar-refractivity contribution < 1.29 is 31.1 Å². The van der Waals surface area contributed by atoms with Crippen LogP contribution in [0.2, 0.25) is 0 Å². The van der Waals surface area contributed by atoms with Crippen molar-refractivity contribution in [1.82, 2.24) is 0 Å². The van der Waals surface area contributed by atoms with Crippen LogP contribution in [0.5, 0.6) is 11.5 Å². The highest BCUT2D eigenvalue weighted by atomic mass is 79.9. The summed E-state index contributed by atoms with van der Waals surface area (Å²) in [6.45, 7) is -0.523. The fraction of sp³-hybridized carbons (Fsp3) is 0.107. The molecule has 0 heterocycles. The minimum atomic E-state index is -4.08. The highest BCUT2D eigenvalue weighted by Gasteiger charge is 2.27. The van der Waals surface area contributed by atoms with Gasteiger partial charge in [0.1, 0.15) is 18.0 Å². The van der Waals surface area contributed by atoms with Crippen LogP contribution in [0.1, 0.15) is 0 Å². The van der Waals surface area contributed by atoms with E-state index in [0.29, 0.717) is 21.7 Å². The van der Waals surface area contributed by atoms with E-state index >= 15 is 0 Å². The quantitative estimate of drug-likeness (QED) is 0.229. The lowest BCUT2D eigenvalue weighted by molar-refractivity contribution is -0.114. The molecule has 1 amide bonds. The Labute approximate surface area is 247 Å². The van der Waals surface area contributed by atoms with Gasteiger partial charge in [-0.05, 0) is 66.7 Å². The van der Waals surface area contributed by atoms with Crippen LogP contribution < -0.4 is 23.8 Å². The summed E-state index contributed by atoms with van der Waals surface area (Å²) in [6.07, 6.45) is 0. The van der Waals surface area contributed by atoms with Crippen LogP contribution in [0, 0.1) is 0 Å². The third-order valence-electron chi connectivity index (χ3n) is 5.81. The molecule has 10 nitrogen and oxygen atoms in total. The van der Waals surface area contributed by atoms with Gasteiger partial charge in [-0.25, -0.2) is 16.8 Å². The number of carbonyl (C=O) groups is 1. The summed E-state index contributed by atoms with van der Waals surface area (Å²) >= 11 is 3.34. The predicted octanol–water partition coefficient (Wildman–Crippen LogP) is 5.10. The Morgan fingerprint density at radius 2 is 1.51 bits per heavy atom. The standard InChI is InChI=1S/C28H26BrN3O7S2/c1-38-23-13-16-27(39-2)26(18-23)31-40(34,35)24-14-11-21(12-15-24)30-28(33)19-32(22-8-6-7-20(29)17-22)41(36,37)25-9-4-3-5-10-25/h3-18,31H,19H2,1-2H3,(H,30,33). The van der Waals surface area contributed by atoms with Gasteiger partial charge in [-0.3, -0.25) is 13.8 Å². The zero-order valence-corrected chi connectivity index (χ0v) is 25.2. The second-order valence-corrected chi connectivity index (χ2v) is 13.0. The van der Waals surface area contributed by atoms with Gasteiger partial charge in [-0.2, -0.15) is 0 Å². The summed E-state index contributed by atoms with van der Waals surface area (Å²) in [6, 6.07) is 24.5. The van der Waals surface area contributed by atoms with Crippen molar-refractivity contribution in [2.45, 2.75) is 9.79 Å². The van der Waals surface area contributed by atoms with Crippen molar-refractivity contribution in [3.05, 3.63) is 102 Å². The number of anilines is 3. The maximum Gasteiger partial charge on any atom is 0.264 e. The van der Waals surface area contributed by atoms with E-state index in [1.807, 2.05) is 0 Å². The number of hydrogen-bond acceptors (Lipinski definition) is 7. The molecule has 0 atom stereocenters. The van der Waals surface area contributed by atoms with E-state index < -0.39 is 32.5 Å². The zero-order chi connectivity index (χ0) is 29.6. The van der Waals surface area contributed by atoms with Crippen molar-refractivity contribution in [3.63, 3.8) is 0 Å². The molecule has 0 saturated carbocycles. The summed E-state index contributed by atoms with van der Waals surface area (Å²) < 4.78 is 67.4. The first kappa shape index (κ1) is 29.9. The first-order chi connectivity index (χ1) is 19.5. The van der Waals surface area contributed by atoms with E-state index in [9.17, 15) is 21.6 Å². The lowest BCUT2D eigenvalue weighted by Gasteiger charge is -2.24. The number of benzene rings is 4. The maximum atomic E-state index is 13.5. The fourth-order valence-electron chi connectivity index (χ4n) is 3.81. The molecule has 0 aliphatic carbocycles. The van der Waals surface area contributed by atoms with Crippen LogP contribution in [0.15, 0.2) is 111 Å². The summed E-state index contributed by atoms with van der Waals surface area (Å²) in [5, 5.41) is 2.63. The minimum Gasteiger partial charge on any atom is -0.497 e. The average molecular weight is 661 g/mol. The highest BCUT2D eigenvalue weighted by molar-refractivity contribution is 9.10. The molecule has 4 aromatic rings. The monoisotopic (exact) mass is 659 g/mol. The minimum absolute atomic E-state index is 0.0301. The Hall–Kier alpha value is -4.07. The number of hydrogen-bond donors (Lipinski definition) is 2. The lowest BCUT2D eigenvalue weighted by atomic mass is 10.3. The number of nitrogens with zero attached hydrogens (tertiary/aromatic N) is 1. The van der Waals surface area contributed by atoms with Gasteiger partial charge in [0.2, 0.25) is 5.91 Å². The van der Waals surface area contributed by atoms with E-state index in [1.54, 1.807) is 54.6 Å². The molecule has 0 radical (unpaired) electrons. The van der Waals surface area contributed by atoms with Gasteiger partial charge in [0, 0.05) is 16.2 Å². The molecule has 0 aliphatic heterocycles. The number of halogens is 1. The topological polar surface area (TPSA) is 131 Å². The predicted molar refractivity (Wildman–Crippen MR) is 161 cm³/mol. The smallest absolute Gasteiger partial charge is 0.264 e. The van der Waals surface area contributed by atoms with Gasteiger partial charge in [0.15, 0.2) is 0 Å². The molecule has 0 fully saturated rings. The Bertz CT molecular complexity index is 1750. The Balaban J connectivity index is 1.53. The molecule has 214 valence electrons. The molecule has 4 aromatic carbocycles. The van der Waals surface area contributed by atoms with Gasteiger partial charge in [0.25, 0.3) is 20.0 Å². The van der Waals surface area contributed by atoms with Crippen molar-refractivity contribution in [2.24, 2.45) is 0 Å². The van der Waals surface area contributed by atoms with Gasteiger partial charge >= 0.3 is 0 Å². The third-order valence-corrected chi connectivity index (χ3v) is 9.48. The van der Waals surface area contributed by atoms with Crippen molar-refractivity contribution >= 4 is 58.9 Å². The van der Waals surface area contributed by atoms with E-state index in [-0.39, 0.29) is 21.2 Å².